The molecule has 0 spiro atoms. The van der Waals surface area contributed by atoms with Crippen molar-refractivity contribution in [2.24, 2.45) is 0 Å². The molecule has 0 aromatic heterocycles. The average molecular weight is 210 g/mol. The van der Waals surface area contributed by atoms with Gasteiger partial charge in [0.2, 0.25) is 0 Å². The van der Waals surface area contributed by atoms with Crippen LogP contribution >= 0.6 is 0 Å². The Morgan fingerprint density at radius 3 is 2.87 bits per heavy atom. The molecule has 4 heteroatoms. The molecule has 0 aliphatic carbocycles. The smallest absolute Gasteiger partial charge is 0.341 e. The first kappa shape index (κ1) is 11.2. The SMILES string of the molecule is CCOC(=O)/C(=C\O)c1cccc(F)c1. The number of hydrogen-bond donors (Lipinski definition) is 1. The normalized spacial score (nSPS) is 11.2. The summed E-state index contributed by atoms with van der Waals surface area (Å²) in [5.41, 5.74) is 0.229. The number of ether oxygens (including phenoxy) is 1. The summed E-state index contributed by atoms with van der Waals surface area (Å²) in [7, 11) is 0. The quantitative estimate of drug-likeness (QED) is 0.473. The molecule has 0 bridgehead atoms. The molecule has 1 rings (SSSR count). The third kappa shape index (κ3) is 2.80. The van der Waals surface area contributed by atoms with Crippen LogP contribution in [0, 0.1) is 5.82 Å². The summed E-state index contributed by atoms with van der Waals surface area (Å²) in [5.74, 6) is -1.15. The van der Waals surface area contributed by atoms with Crippen LogP contribution in [0.3, 0.4) is 0 Å². The Morgan fingerprint density at radius 1 is 1.60 bits per heavy atom. The minimum Gasteiger partial charge on any atom is -0.515 e. The molecule has 1 N–H and O–H groups in total. The molecule has 3 nitrogen and oxygen atoms in total. The number of hydrogen-bond acceptors (Lipinski definition) is 3. The van der Waals surface area contributed by atoms with Gasteiger partial charge in [-0.2, -0.15) is 0 Å². The Balaban J connectivity index is 2.99. The highest BCUT2D eigenvalue weighted by atomic mass is 19.1. The molecule has 0 aliphatic heterocycles. The molecule has 1 aromatic rings. The maximum absolute atomic E-state index is 12.9. The minimum absolute atomic E-state index is 0.0589. The first-order valence-corrected chi connectivity index (χ1v) is 4.46. The fourth-order valence-corrected chi connectivity index (χ4v) is 1.11. The van der Waals surface area contributed by atoms with Crippen LogP contribution in [-0.4, -0.2) is 17.7 Å². The zero-order chi connectivity index (χ0) is 11.3. The lowest BCUT2D eigenvalue weighted by atomic mass is 10.1. The van der Waals surface area contributed by atoms with E-state index in [4.69, 9.17) is 9.84 Å². The van der Waals surface area contributed by atoms with E-state index in [2.05, 4.69) is 0 Å². The lowest BCUT2D eigenvalue weighted by Gasteiger charge is -2.05. The van der Waals surface area contributed by atoms with Gasteiger partial charge in [0.25, 0.3) is 0 Å². The molecule has 15 heavy (non-hydrogen) atoms. The summed E-state index contributed by atoms with van der Waals surface area (Å²) in [6, 6.07) is 5.37. The topological polar surface area (TPSA) is 46.5 Å². The van der Waals surface area contributed by atoms with Crippen molar-refractivity contribution in [2.45, 2.75) is 6.92 Å². The van der Waals surface area contributed by atoms with E-state index >= 15 is 0 Å². The van der Waals surface area contributed by atoms with E-state index in [-0.39, 0.29) is 17.7 Å². The Labute approximate surface area is 86.8 Å². The summed E-state index contributed by atoms with van der Waals surface area (Å²) < 4.78 is 17.6. The fourth-order valence-electron chi connectivity index (χ4n) is 1.11. The van der Waals surface area contributed by atoms with Gasteiger partial charge in [0.1, 0.15) is 11.4 Å². The van der Waals surface area contributed by atoms with Crippen LogP contribution in [0.2, 0.25) is 0 Å². The second kappa shape index (κ2) is 5.14. The van der Waals surface area contributed by atoms with Crippen LogP contribution in [0.1, 0.15) is 12.5 Å². The van der Waals surface area contributed by atoms with Crippen LogP contribution in [0.25, 0.3) is 5.57 Å². The molecule has 0 aliphatic rings. The third-order valence-electron chi connectivity index (χ3n) is 1.76. The van der Waals surface area contributed by atoms with Gasteiger partial charge in [0.15, 0.2) is 0 Å². The highest BCUT2D eigenvalue weighted by Gasteiger charge is 2.13. The molecule has 0 amide bonds. The summed E-state index contributed by atoms with van der Waals surface area (Å²) in [5, 5.41) is 8.88. The summed E-state index contributed by atoms with van der Waals surface area (Å²) in [4.78, 5) is 11.3. The van der Waals surface area contributed by atoms with Crippen molar-refractivity contribution in [2.75, 3.05) is 6.61 Å². The Bertz CT molecular complexity index is 385. The van der Waals surface area contributed by atoms with Gasteiger partial charge in [-0.3, -0.25) is 0 Å². The van der Waals surface area contributed by atoms with Crippen molar-refractivity contribution in [3.63, 3.8) is 0 Å². The van der Waals surface area contributed by atoms with Crippen LogP contribution in [0.5, 0.6) is 0 Å². The van der Waals surface area contributed by atoms with E-state index in [1.54, 1.807) is 6.92 Å². The number of carbonyl (C=O) groups is 1. The summed E-state index contributed by atoms with van der Waals surface area (Å²) in [6.07, 6.45) is 0.618. The van der Waals surface area contributed by atoms with Crippen LogP contribution in [-0.2, 0) is 9.53 Å². The van der Waals surface area contributed by atoms with Gasteiger partial charge in [0, 0.05) is 0 Å². The predicted molar refractivity (Wildman–Crippen MR) is 53.6 cm³/mol. The number of benzene rings is 1. The molecule has 0 fully saturated rings. The van der Waals surface area contributed by atoms with Gasteiger partial charge < -0.3 is 9.84 Å². The van der Waals surface area contributed by atoms with Gasteiger partial charge in [0.05, 0.1) is 12.9 Å². The van der Waals surface area contributed by atoms with Crippen LogP contribution in [0.15, 0.2) is 30.5 Å². The lowest BCUT2D eigenvalue weighted by molar-refractivity contribution is -0.136. The lowest BCUT2D eigenvalue weighted by Crippen LogP contribution is -2.07. The first-order valence-electron chi connectivity index (χ1n) is 4.46. The first-order chi connectivity index (χ1) is 7.19. The van der Waals surface area contributed by atoms with Gasteiger partial charge in [-0.25, -0.2) is 9.18 Å². The Kier molecular flexibility index (Phi) is 3.85. The number of rotatable bonds is 3. The van der Waals surface area contributed by atoms with Crippen molar-refractivity contribution in [3.05, 3.63) is 41.9 Å². The molecule has 0 saturated heterocycles. The predicted octanol–water partition coefficient (Wildman–Crippen LogP) is 2.29. The van der Waals surface area contributed by atoms with Gasteiger partial charge in [-0.05, 0) is 24.6 Å². The van der Waals surface area contributed by atoms with Gasteiger partial charge >= 0.3 is 5.97 Å². The summed E-state index contributed by atoms with van der Waals surface area (Å²) in [6.45, 7) is 1.85. The second-order valence-corrected chi connectivity index (χ2v) is 2.77. The van der Waals surface area contributed by atoms with Crippen LogP contribution < -0.4 is 0 Å². The van der Waals surface area contributed by atoms with Crippen molar-refractivity contribution in [3.8, 4) is 0 Å². The van der Waals surface area contributed by atoms with Crippen molar-refractivity contribution in [1.29, 1.82) is 0 Å². The molecule has 0 saturated carbocycles. The highest BCUT2D eigenvalue weighted by Crippen LogP contribution is 2.16. The number of aliphatic hydroxyl groups is 1. The van der Waals surface area contributed by atoms with E-state index < -0.39 is 11.8 Å². The van der Waals surface area contributed by atoms with E-state index in [9.17, 15) is 9.18 Å². The Hall–Kier alpha value is -1.84. The second-order valence-electron chi connectivity index (χ2n) is 2.77. The molecule has 0 radical (unpaired) electrons. The number of esters is 1. The Morgan fingerprint density at radius 2 is 2.33 bits per heavy atom. The maximum Gasteiger partial charge on any atom is 0.341 e. The largest absolute Gasteiger partial charge is 0.515 e. The number of halogens is 1. The summed E-state index contributed by atoms with van der Waals surface area (Å²) >= 11 is 0. The van der Waals surface area contributed by atoms with E-state index in [1.807, 2.05) is 0 Å². The standard InChI is InChI=1S/C11H11FO3/c1-2-15-11(14)10(7-13)8-4-3-5-9(12)6-8/h3-7,13H,2H2,1H3/b10-7-. The third-order valence-corrected chi connectivity index (χ3v) is 1.76. The highest BCUT2D eigenvalue weighted by molar-refractivity contribution is 6.16. The molecule has 80 valence electrons. The van der Waals surface area contributed by atoms with E-state index in [0.29, 0.717) is 6.26 Å². The average Bonchev–Trinajstić information content (AvgIpc) is 2.19. The molecular weight excluding hydrogens is 199 g/mol. The number of aliphatic hydroxyl groups excluding tert-OH is 1. The molecule has 1 aromatic carbocycles. The number of carbonyl (C=O) groups excluding carboxylic acids is 1. The zero-order valence-corrected chi connectivity index (χ0v) is 8.24. The molecule has 0 heterocycles. The molecule has 0 unspecified atom stereocenters. The molecule has 0 atom stereocenters. The van der Waals surface area contributed by atoms with Gasteiger partial charge in [-0.15, -0.1) is 0 Å². The zero-order valence-electron chi connectivity index (χ0n) is 8.24. The monoisotopic (exact) mass is 210 g/mol. The maximum atomic E-state index is 12.9. The van der Waals surface area contributed by atoms with Crippen molar-refractivity contribution < 1.29 is 19.0 Å². The fraction of sp³-hybridized carbons (Fsp3) is 0.182. The molecular formula is C11H11FO3. The van der Waals surface area contributed by atoms with Crippen molar-refractivity contribution >= 4 is 11.5 Å². The van der Waals surface area contributed by atoms with E-state index in [0.717, 1.165) is 6.07 Å². The van der Waals surface area contributed by atoms with E-state index in [1.165, 1.54) is 18.2 Å². The van der Waals surface area contributed by atoms with Crippen molar-refractivity contribution in [1.82, 2.24) is 0 Å². The van der Waals surface area contributed by atoms with Gasteiger partial charge in [-0.1, -0.05) is 12.1 Å². The van der Waals surface area contributed by atoms with Crippen LogP contribution in [0.4, 0.5) is 4.39 Å². The minimum atomic E-state index is -0.675.